The molecule has 9 aromatic rings. The first-order valence-corrected chi connectivity index (χ1v) is 26.6. The van der Waals surface area contributed by atoms with Gasteiger partial charge in [0, 0.05) is 22.9 Å². The third kappa shape index (κ3) is 15.3. The van der Waals surface area contributed by atoms with Crippen molar-refractivity contribution in [3.05, 3.63) is 154 Å². The average Bonchev–Trinajstić information content (AvgIpc) is 3.46. The van der Waals surface area contributed by atoms with Gasteiger partial charge in [-0.05, 0) is 120 Å². The third-order valence-corrected chi connectivity index (χ3v) is 13.2. The number of methoxy groups -OCH3 is 2. The molecule has 0 fully saturated rings. The van der Waals surface area contributed by atoms with Crippen LogP contribution in [-0.4, -0.2) is 81.9 Å². The van der Waals surface area contributed by atoms with Crippen LogP contribution in [0.3, 0.4) is 0 Å². The summed E-state index contributed by atoms with van der Waals surface area (Å²) < 4.78 is 79.0. The molecule has 0 aliphatic heterocycles. The second-order valence-electron chi connectivity index (χ2n) is 16.5. The van der Waals surface area contributed by atoms with Gasteiger partial charge in [0.1, 0.15) is 32.7 Å². The van der Waals surface area contributed by atoms with Gasteiger partial charge in [-0.2, -0.15) is 37.0 Å². The number of hydrogen-bond acceptors (Lipinski definition) is 20. The van der Waals surface area contributed by atoms with Gasteiger partial charge in [0.15, 0.2) is 0 Å². The zero-order valence-electron chi connectivity index (χ0n) is 43.6. The van der Waals surface area contributed by atoms with Crippen LogP contribution >= 0.6 is 23.2 Å². The summed E-state index contributed by atoms with van der Waals surface area (Å²) in [4.78, 5) is 46.1. The van der Waals surface area contributed by atoms with Crippen molar-refractivity contribution in [3.8, 4) is 11.5 Å². The molecule has 0 bridgehead atoms. The van der Waals surface area contributed by atoms with Crippen molar-refractivity contribution in [1.29, 1.82) is 0 Å². The van der Waals surface area contributed by atoms with E-state index in [9.17, 15) is 36.2 Å². The normalized spacial score (nSPS) is 13.3. The van der Waals surface area contributed by atoms with Crippen LogP contribution in [0.2, 0.25) is 10.6 Å². The van der Waals surface area contributed by atoms with Gasteiger partial charge >= 0.3 is 59.1 Å². The van der Waals surface area contributed by atoms with E-state index in [0.29, 0.717) is 10.8 Å². The molecule has 6 N–H and O–H groups in total. The number of azo groups is 2. The van der Waals surface area contributed by atoms with Crippen molar-refractivity contribution < 1.29 is 105 Å². The first-order chi connectivity index (χ1) is 38.2. The fourth-order valence-electron chi connectivity index (χ4n) is 7.64. The number of aliphatic imine (C=N–C) groups is 2. The SMILES string of the molecule is COc1cc(N=c2[nH]c(Cl)nc(=Nc3ccccc3N=c3nc(Cl)[nH]c(=Nc4cc(OC)c(N=Nc5ccc6cccc(S(=O)(=O)O)c6c5)cc4N=C(C)[O-])[nH]3)[nH]2)c(N=C(C)[O-])cc1N=Nc1ccc2cccc(S(=O)(=O)O)c2c1.[Na+].[Na+]. The van der Waals surface area contributed by atoms with Gasteiger partial charge in [0.05, 0.1) is 59.7 Å². The van der Waals surface area contributed by atoms with Crippen LogP contribution in [0.1, 0.15) is 13.8 Å². The number of aromatic amines is 4. The number of aromatic nitrogens is 6. The molecule has 406 valence electrons. The minimum absolute atomic E-state index is 0. The molecule has 0 aliphatic rings. The van der Waals surface area contributed by atoms with Crippen LogP contribution in [-0.2, 0) is 20.2 Å². The second kappa shape index (κ2) is 26.6. The Hall–Kier alpha value is -7.58. The number of ether oxygens (including phenoxy) is 2. The second-order valence-corrected chi connectivity index (χ2v) is 20.0. The Morgan fingerprint density at radius 1 is 0.488 bits per heavy atom. The molecule has 9 rings (SSSR count). The number of H-pyrrole nitrogens is 4. The van der Waals surface area contributed by atoms with Gasteiger partial charge in [0.2, 0.25) is 33.0 Å². The van der Waals surface area contributed by atoms with Crippen molar-refractivity contribution in [3.63, 3.8) is 0 Å². The molecule has 0 saturated carbocycles. The number of benzene rings is 7. The first-order valence-electron chi connectivity index (χ1n) is 22.9. The van der Waals surface area contributed by atoms with Crippen LogP contribution in [0.5, 0.6) is 11.5 Å². The fourth-order valence-corrected chi connectivity index (χ4v) is 9.39. The Kier molecular flexibility index (Phi) is 20.1. The number of halogens is 2. The van der Waals surface area contributed by atoms with Crippen molar-refractivity contribution in [1.82, 2.24) is 29.9 Å². The molecule has 0 saturated heterocycles. The smallest absolute Gasteiger partial charge is 0.862 e. The number of nitrogens with one attached hydrogen (secondary N) is 4. The molecule has 32 heteroatoms. The van der Waals surface area contributed by atoms with E-state index in [0.717, 1.165) is 0 Å². The summed E-state index contributed by atoms with van der Waals surface area (Å²) in [6.45, 7) is 2.48. The molecular weight excluding hydrogens is 1170 g/mol. The van der Waals surface area contributed by atoms with Gasteiger partial charge in [-0.1, -0.05) is 48.5 Å². The maximum Gasteiger partial charge on any atom is 1.00 e. The molecule has 7 aromatic carbocycles. The van der Waals surface area contributed by atoms with E-state index >= 15 is 0 Å². The summed E-state index contributed by atoms with van der Waals surface area (Å²) in [6, 6.07) is 30.5. The Morgan fingerprint density at radius 3 is 1.26 bits per heavy atom. The van der Waals surface area contributed by atoms with Crippen molar-refractivity contribution in [2.75, 3.05) is 14.2 Å². The van der Waals surface area contributed by atoms with Crippen molar-refractivity contribution in [2.24, 2.45) is 50.4 Å². The van der Waals surface area contributed by atoms with Gasteiger partial charge in [-0.25, -0.2) is 20.0 Å². The molecule has 82 heavy (non-hydrogen) atoms. The Labute approximate surface area is 517 Å². The molecule has 0 spiro atoms. The Bertz CT molecular complexity index is 4350. The van der Waals surface area contributed by atoms with Crippen LogP contribution in [0.15, 0.2) is 182 Å². The van der Waals surface area contributed by atoms with E-state index in [1.54, 1.807) is 60.7 Å². The van der Waals surface area contributed by atoms with E-state index in [-0.39, 0.29) is 181 Å². The minimum Gasteiger partial charge on any atom is -0.862 e. The molecule has 2 heterocycles. The monoisotopic (exact) mass is 1200 g/mol. The molecule has 0 amide bonds. The number of nitrogens with zero attached hydrogens (tertiary/aromatic N) is 12. The molecule has 0 radical (unpaired) electrons. The largest absolute Gasteiger partial charge is 1.00 e. The predicted octanol–water partition coefficient (Wildman–Crippen LogP) is 2.50. The molecule has 26 nitrogen and oxygen atoms in total. The standard InChI is InChI=1S/C50H40Cl2N16O10S2.2Na/c1-25(69)53-35-21-39(67-65-29-17-15-27-9-7-13-43(31(27)19-29)79(71,72)73)41(77-3)23-37(35)57-49-61-45(51)59-47(63-49)55-33-11-5-6-12-34(33)56-48-60-46(52)62-50(64-48)58-38-24-42(78-4)40(22-36(38)54-26(2)70)68-66-30-18-16-28-10-8-14-44(32(28)20-30)80(74,75)76;;/h5-24H,1-4H3,(H,53,69)(H,54,70)(H,71,72,73)(H,74,75,76)(H2,55,57,59,61,63)(H2,56,58,60,62,64);;/q;2*+1/p-2. The van der Waals surface area contributed by atoms with Gasteiger partial charge in [-0.3, -0.25) is 29.1 Å². The summed E-state index contributed by atoms with van der Waals surface area (Å²) >= 11 is 12.9. The first kappa shape index (κ1) is 62.0. The minimum atomic E-state index is -4.55. The van der Waals surface area contributed by atoms with Gasteiger partial charge in [-0.15, -0.1) is 10.2 Å². The fraction of sp³-hybridized carbons (Fsp3) is 0.0800. The Morgan fingerprint density at radius 2 is 0.890 bits per heavy atom. The molecule has 0 atom stereocenters. The van der Waals surface area contributed by atoms with E-state index < -0.39 is 32.0 Å². The number of fused-ring (bicyclic) bond motifs is 2. The van der Waals surface area contributed by atoms with E-state index in [2.05, 4.69) is 80.3 Å². The summed E-state index contributed by atoms with van der Waals surface area (Å²) in [7, 11) is -6.35. The quantitative estimate of drug-likeness (QED) is 0.0301. The van der Waals surface area contributed by atoms with E-state index in [4.69, 9.17) is 32.7 Å². The van der Waals surface area contributed by atoms with Crippen molar-refractivity contribution in [2.45, 2.75) is 23.6 Å². The van der Waals surface area contributed by atoms with Crippen LogP contribution in [0.25, 0.3) is 21.5 Å². The van der Waals surface area contributed by atoms with Crippen LogP contribution in [0, 0.1) is 0 Å². The zero-order chi connectivity index (χ0) is 56.9. The predicted molar refractivity (Wildman–Crippen MR) is 291 cm³/mol. The molecule has 2 aromatic heterocycles. The number of para-hydroxylation sites is 2. The zero-order valence-corrected chi connectivity index (χ0v) is 50.8. The molecule has 0 unspecified atom stereocenters. The summed E-state index contributed by atoms with van der Waals surface area (Å²) in [5, 5.41) is 43.1. The van der Waals surface area contributed by atoms with E-state index in [1.807, 2.05) is 0 Å². The molecule has 0 aliphatic carbocycles. The van der Waals surface area contributed by atoms with Gasteiger partial charge < -0.3 is 29.7 Å². The van der Waals surface area contributed by atoms with Crippen LogP contribution < -0.4 is 101 Å². The number of hydrogen-bond donors (Lipinski definition) is 6. The maximum absolute atomic E-state index is 12.4. The summed E-state index contributed by atoms with van der Waals surface area (Å²) in [6.07, 6.45) is 0. The number of rotatable bonds is 14. The van der Waals surface area contributed by atoms with Crippen LogP contribution in [0.4, 0.5) is 56.9 Å². The van der Waals surface area contributed by atoms with E-state index in [1.165, 1.54) is 88.7 Å². The van der Waals surface area contributed by atoms with Gasteiger partial charge in [0.25, 0.3) is 20.2 Å². The maximum atomic E-state index is 12.4. The summed E-state index contributed by atoms with van der Waals surface area (Å²) in [5.74, 6) is -0.845. The third-order valence-electron chi connectivity index (χ3n) is 11.0. The molecular formula is C50H38Cl2N16Na2O10S2. The topological polar surface area (TPSA) is 386 Å². The summed E-state index contributed by atoms with van der Waals surface area (Å²) in [5.41, 5.74) is 1.43. The van der Waals surface area contributed by atoms with Crippen molar-refractivity contribution >= 4 is 134 Å². The Balaban J connectivity index is 0.00000484. The average molecular weight is 1200 g/mol.